The van der Waals surface area contributed by atoms with E-state index in [4.69, 9.17) is 25.2 Å². The van der Waals surface area contributed by atoms with Gasteiger partial charge in [0.15, 0.2) is 0 Å². The molecule has 9 nitrogen and oxygen atoms in total. The Labute approximate surface area is 223 Å². The molecule has 9 heteroatoms. The molecule has 8 N–H and O–H groups in total. The van der Waals surface area contributed by atoms with Crippen LogP contribution < -0.4 is 0 Å². The van der Waals surface area contributed by atoms with Gasteiger partial charge in [0.2, 0.25) is 0 Å². The van der Waals surface area contributed by atoms with E-state index in [9.17, 15) is 20.4 Å². The van der Waals surface area contributed by atoms with Gasteiger partial charge in [-0.05, 0) is 63.5 Å². The van der Waals surface area contributed by atoms with Crippen molar-refractivity contribution in [2.24, 2.45) is 0 Å². The van der Waals surface area contributed by atoms with Crippen molar-refractivity contribution in [2.75, 3.05) is 26.4 Å². The van der Waals surface area contributed by atoms with Crippen LogP contribution >= 0.6 is 0 Å². The van der Waals surface area contributed by atoms with Crippen molar-refractivity contribution in [3.8, 4) is 0 Å². The van der Waals surface area contributed by atoms with E-state index in [1.807, 2.05) is 0 Å². The van der Waals surface area contributed by atoms with Crippen molar-refractivity contribution in [3.05, 3.63) is 23.7 Å². The van der Waals surface area contributed by atoms with Crippen LogP contribution in [0.3, 0.4) is 0 Å². The third kappa shape index (κ3) is 20.6. The fourth-order valence-corrected chi connectivity index (χ4v) is 3.93. The van der Waals surface area contributed by atoms with E-state index >= 15 is 0 Å². The largest absolute Gasteiger partial charge is 0.461 e. The SMILES string of the molecule is OCCCCCC(O)C=C(OC(=CC(O)CCCCCO)C(O)CCCCCO)C(O)CCCCCO. The van der Waals surface area contributed by atoms with E-state index in [1.165, 1.54) is 12.2 Å². The third-order valence-electron chi connectivity index (χ3n) is 6.19. The molecule has 0 radical (unpaired) electrons. The summed E-state index contributed by atoms with van der Waals surface area (Å²) in [6, 6.07) is 0. The summed E-state index contributed by atoms with van der Waals surface area (Å²) in [4.78, 5) is 0. The average molecular weight is 535 g/mol. The lowest BCUT2D eigenvalue weighted by molar-refractivity contribution is 0.0719. The highest BCUT2D eigenvalue weighted by atomic mass is 16.5. The maximum Gasteiger partial charge on any atom is 0.131 e. The molecule has 0 aliphatic rings. The number of hydrogen-bond donors (Lipinski definition) is 8. The predicted molar refractivity (Wildman–Crippen MR) is 143 cm³/mol. The van der Waals surface area contributed by atoms with E-state index in [2.05, 4.69) is 0 Å². The van der Waals surface area contributed by atoms with Crippen LogP contribution in [0.1, 0.15) is 103 Å². The molecule has 0 bridgehead atoms. The van der Waals surface area contributed by atoms with Gasteiger partial charge in [-0.2, -0.15) is 0 Å². The quantitative estimate of drug-likeness (QED) is 0.0613. The fourth-order valence-electron chi connectivity index (χ4n) is 3.93. The highest BCUT2D eigenvalue weighted by Gasteiger charge is 2.21. The molecule has 4 atom stereocenters. The summed E-state index contributed by atoms with van der Waals surface area (Å²) in [5.74, 6) is 0.235. The van der Waals surface area contributed by atoms with Crippen LogP contribution in [-0.4, -0.2) is 91.7 Å². The van der Waals surface area contributed by atoms with Crippen molar-refractivity contribution in [3.63, 3.8) is 0 Å². The summed E-state index contributed by atoms with van der Waals surface area (Å²) in [5, 5.41) is 78.7. The second-order valence-electron chi connectivity index (χ2n) is 9.70. The van der Waals surface area contributed by atoms with Crippen LogP contribution in [0, 0.1) is 0 Å². The minimum Gasteiger partial charge on any atom is -0.461 e. The summed E-state index contributed by atoms with van der Waals surface area (Å²) in [6.45, 7) is 0.347. The topological polar surface area (TPSA) is 171 Å². The van der Waals surface area contributed by atoms with Crippen LogP contribution in [-0.2, 0) is 4.74 Å². The second-order valence-corrected chi connectivity index (χ2v) is 9.70. The van der Waals surface area contributed by atoms with Gasteiger partial charge in [-0.1, -0.05) is 51.4 Å². The Hall–Kier alpha value is -1.04. The first kappa shape index (κ1) is 36.0. The van der Waals surface area contributed by atoms with Gasteiger partial charge in [0.05, 0.1) is 12.2 Å². The zero-order chi connectivity index (χ0) is 27.7. The smallest absolute Gasteiger partial charge is 0.131 e. The van der Waals surface area contributed by atoms with Crippen LogP contribution in [0.25, 0.3) is 0 Å². The van der Waals surface area contributed by atoms with E-state index in [0.717, 1.165) is 25.7 Å². The predicted octanol–water partition coefficient (Wildman–Crippen LogP) is 2.43. The third-order valence-corrected chi connectivity index (χ3v) is 6.19. The second kappa shape index (κ2) is 25.2. The lowest BCUT2D eigenvalue weighted by atomic mass is 10.0. The molecule has 0 saturated carbocycles. The number of aliphatic hydroxyl groups is 8. The molecule has 0 aliphatic heterocycles. The summed E-state index contributed by atoms with van der Waals surface area (Å²) < 4.78 is 6.01. The average Bonchev–Trinajstić information content (AvgIpc) is 2.88. The first-order valence-corrected chi connectivity index (χ1v) is 14.2. The van der Waals surface area contributed by atoms with Crippen LogP contribution in [0.15, 0.2) is 23.7 Å². The van der Waals surface area contributed by atoms with Crippen LogP contribution in [0.2, 0.25) is 0 Å². The Balaban J connectivity index is 5.59. The molecule has 0 fully saturated rings. The molecular weight excluding hydrogens is 480 g/mol. The van der Waals surface area contributed by atoms with Gasteiger partial charge in [-0.25, -0.2) is 0 Å². The summed E-state index contributed by atoms with van der Waals surface area (Å²) in [7, 11) is 0. The number of rotatable bonds is 26. The lowest BCUT2D eigenvalue weighted by Crippen LogP contribution is -2.22. The van der Waals surface area contributed by atoms with E-state index in [1.54, 1.807) is 0 Å². The Bertz CT molecular complexity index is 520. The zero-order valence-corrected chi connectivity index (χ0v) is 22.6. The standard InChI is InChI=1S/C28H54O9/c29-17-9-1-5-13-23(33)21-27(25(35)15-7-3-11-19-31)37-28(26(36)16-8-4-12-20-32)22-24(34)14-6-2-10-18-30/h21-26,29-36H,1-20H2. The molecular formula is C28H54O9. The molecule has 0 amide bonds. The monoisotopic (exact) mass is 534 g/mol. The fraction of sp³-hybridized carbons (Fsp3) is 0.857. The van der Waals surface area contributed by atoms with Gasteiger partial charge < -0.3 is 45.6 Å². The van der Waals surface area contributed by atoms with Crippen molar-refractivity contribution in [2.45, 2.75) is 127 Å². The molecule has 0 rings (SSSR count). The molecule has 37 heavy (non-hydrogen) atoms. The lowest BCUT2D eigenvalue weighted by Gasteiger charge is -2.23. The van der Waals surface area contributed by atoms with Gasteiger partial charge in [0.1, 0.15) is 23.7 Å². The van der Waals surface area contributed by atoms with Gasteiger partial charge in [-0.15, -0.1) is 0 Å². The highest BCUT2D eigenvalue weighted by molar-refractivity contribution is 5.12. The normalized spacial score (nSPS) is 16.0. The van der Waals surface area contributed by atoms with Gasteiger partial charge in [0, 0.05) is 26.4 Å². The number of unbranched alkanes of at least 4 members (excludes halogenated alkanes) is 8. The molecule has 220 valence electrons. The molecule has 0 aliphatic carbocycles. The molecule has 4 unspecified atom stereocenters. The Kier molecular flexibility index (Phi) is 24.5. The molecule has 0 aromatic carbocycles. The number of ether oxygens (including phenoxy) is 1. The van der Waals surface area contributed by atoms with Crippen LogP contribution in [0.5, 0.6) is 0 Å². The van der Waals surface area contributed by atoms with E-state index < -0.39 is 24.4 Å². The van der Waals surface area contributed by atoms with E-state index in [-0.39, 0.29) is 37.9 Å². The first-order chi connectivity index (χ1) is 17.9. The molecule has 0 aromatic rings. The van der Waals surface area contributed by atoms with E-state index in [0.29, 0.717) is 77.0 Å². The minimum absolute atomic E-state index is 0.0768. The molecule has 0 spiro atoms. The maximum atomic E-state index is 10.9. The Morgan fingerprint density at radius 2 is 0.730 bits per heavy atom. The summed E-state index contributed by atoms with van der Waals surface area (Å²) in [5.41, 5.74) is 0. The van der Waals surface area contributed by atoms with Gasteiger partial charge in [-0.3, -0.25) is 0 Å². The first-order valence-electron chi connectivity index (χ1n) is 14.2. The Morgan fingerprint density at radius 1 is 0.432 bits per heavy atom. The number of aliphatic hydroxyl groups excluding tert-OH is 8. The summed E-state index contributed by atoms with van der Waals surface area (Å²) in [6.07, 6.45) is 8.87. The zero-order valence-electron chi connectivity index (χ0n) is 22.6. The van der Waals surface area contributed by atoms with Crippen LogP contribution in [0.4, 0.5) is 0 Å². The summed E-state index contributed by atoms with van der Waals surface area (Å²) >= 11 is 0. The van der Waals surface area contributed by atoms with Crippen molar-refractivity contribution in [1.82, 2.24) is 0 Å². The highest BCUT2D eigenvalue weighted by Crippen LogP contribution is 2.23. The maximum absolute atomic E-state index is 10.9. The molecule has 0 aromatic heterocycles. The van der Waals surface area contributed by atoms with Gasteiger partial charge >= 0.3 is 0 Å². The molecule has 0 saturated heterocycles. The van der Waals surface area contributed by atoms with Crippen molar-refractivity contribution >= 4 is 0 Å². The van der Waals surface area contributed by atoms with Gasteiger partial charge in [0.25, 0.3) is 0 Å². The number of hydrogen-bond acceptors (Lipinski definition) is 9. The minimum atomic E-state index is -1.03. The van der Waals surface area contributed by atoms with Crippen molar-refractivity contribution < 1.29 is 45.6 Å². The molecule has 0 heterocycles. The Morgan fingerprint density at radius 3 is 1.03 bits per heavy atom. The van der Waals surface area contributed by atoms with Crippen molar-refractivity contribution in [1.29, 1.82) is 0 Å².